The molecule has 1 rings (SSSR count). The van der Waals surface area contributed by atoms with E-state index >= 15 is 0 Å². The maximum absolute atomic E-state index is 10.7. The number of aliphatic hydroxyl groups is 1. The van der Waals surface area contributed by atoms with Gasteiger partial charge in [0.2, 0.25) is 0 Å². The fraction of sp³-hybridized carbons (Fsp3) is 0.917. The van der Waals surface area contributed by atoms with Crippen LogP contribution in [0.4, 0.5) is 0 Å². The summed E-state index contributed by atoms with van der Waals surface area (Å²) in [4.78, 5) is 12.6. The molecule has 1 saturated heterocycles. The molecule has 94 valence electrons. The van der Waals surface area contributed by atoms with Gasteiger partial charge in [0.25, 0.3) is 0 Å². The van der Waals surface area contributed by atoms with Crippen LogP contribution in [0, 0.1) is 11.3 Å². The first-order chi connectivity index (χ1) is 7.47. The lowest BCUT2D eigenvalue weighted by atomic mass is 9.74. The Morgan fingerprint density at radius 1 is 1.50 bits per heavy atom. The van der Waals surface area contributed by atoms with E-state index < -0.39 is 5.97 Å². The molecule has 2 N–H and O–H groups in total. The average molecular weight is 229 g/mol. The SMILES string of the molecule is CC(C)C[C@@]1(CO)CCCN(CC(=O)O)C1. The third-order valence-corrected chi connectivity index (χ3v) is 3.28. The second-order valence-corrected chi connectivity index (χ2v) is 5.46. The van der Waals surface area contributed by atoms with Crippen LogP contribution in [0.3, 0.4) is 0 Å². The highest BCUT2D eigenvalue weighted by Gasteiger charge is 2.35. The maximum Gasteiger partial charge on any atom is 0.317 e. The van der Waals surface area contributed by atoms with Crippen LogP contribution in [-0.4, -0.2) is 47.3 Å². The van der Waals surface area contributed by atoms with Crippen molar-refractivity contribution in [3.8, 4) is 0 Å². The third kappa shape index (κ3) is 3.76. The lowest BCUT2D eigenvalue weighted by Gasteiger charge is -2.42. The number of hydrogen-bond acceptors (Lipinski definition) is 3. The molecule has 0 aromatic carbocycles. The number of aliphatic hydroxyl groups excluding tert-OH is 1. The minimum Gasteiger partial charge on any atom is -0.480 e. The smallest absolute Gasteiger partial charge is 0.317 e. The van der Waals surface area contributed by atoms with Crippen molar-refractivity contribution in [1.29, 1.82) is 0 Å². The lowest BCUT2D eigenvalue weighted by molar-refractivity contribution is -0.139. The molecule has 0 aliphatic carbocycles. The van der Waals surface area contributed by atoms with Crippen molar-refractivity contribution in [3.05, 3.63) is 0 Å². The van der Waals surface area contributed by atoms with Crippen LogP contribution in [0.25, 0.3) is 0 Å². The Hall–Kier alpha value is -0.610. The first kappa shape index (κ1) is 13.5. The Morgan fingerprint density at radius 3 is 2.69 bits per heavy atom. The van der Waals surface area contributed by atoms with Crippen molar-refractivity contribution in [2.24, 2.45) is 11.3 Å². The minimum atomic E-state index is -0.779. The quantitative estimate of drug-likeness (QED) is 0.743. The van der Waals surface area contributed by atoms with E-state index in [4.69, 9.17) is 5.11 Å². The molecule has 4 nitrogen and oxygen atoms in total. The fourth-order valence-corrected chi connectivity index (χ4v) is 2.86. The first-order valence-electron chi connectivity index (χ1n) is 6.02. The predicted octanol–water partition coefficient (Wildman–Crippen LogP) is 1.19. The van der Waals surface area contributed by atoms with Gasteiger partial charge in [-0.1, -0.05) is 13.8 Å². The number of nitrogens with zero attached hydrogens (tertiary/aromatic N) is 1. The second-order valence-electron chi connectivity index (χ2n) is 5.46. The highest BCUT2D eigenvalue weighted by molar-refractivity contribution is 5.69. The summed E-state index contributed by atoms with van der Waals surface area (Å²) in [5.74, 6) is -0.241. The Balaban J connectivity index is 2.60. The summed E-state index contributed by atoms with van der Waals surface area (Å²) < 4.78 is 0. The molecule has 0 amide bonds. The van der Waals surface area contributed by atoms with Gasteiger partial charge in [0.1, 0.15) is 0 Å². The van der Waals surface area contributed by atoms with Gasteiger partial charge in [-0.3, -0.25) is 9.69 Å². The number of carboxylic acid groups (broad SMARTS) is 1. The van der Waals surface area contributed by atoms with Gasteiger partial charge in [0, 0.05) is 18.6 Å². The molecule has 0 bridgehead atoms. The van der Waals surface area contributed by atoms with Crippen molar-refractivity contribution in [1.82, 2.24) is 4.90 Å². The zero-order chi connectivity index (χ0) is 12.2. The molecule has 0 unspecified atom stereocenters. The summed E-state index contributed by atoms with van der Waals surface area (Å²) >= 11 is 0. The zero-order valence-electron chi connectivity index (χ0n) is 10.3. The molecule has 1 heterocycles. The summed E-state index contributed by atoms with van der Waals surface area (Å²) in [5.41, 5.74) is -0.0815. The van der Waals surface area contributed by atoms with E-state index in [0.717, 1.165) is 25.8 Å². The van der Waals surface area contributed by atoms with Gasteiger partial charge < -0.3 is 10.2 Å². The Labute approximate surface area is 97.3 Å². The molecule has 16 heavy (non-hydrogen) atoms. The first-order valence-corrected chi connectivity index (χ1v) is 6.02. The second kappa shape index (κ2) is 5.64. The van der Waals surface area contributed by atoms with E-state index in [1.807, 2.05) is 4.90 Å². The van der Waals surface area contributed by atoms with Crippen LogP contribution < -0.4 is 0 Å². The van der Waals surface area contributed by atoms with Crippen LogP contribution in [0.1, 0.15) is 33.1 Å². The molecule has 1 aliphatic rings. The van der Waals surface area contributed by atoms with Gasteiger partial charge >= 0.3 is 5.97 Å². The molecule has 1 fully saturated rings. The van der Waals surface area contributed by atoms with Gasteiger partial charge in [-0.2, -0.15) is 0 Å². The summed E-state index contributed by atoms with van der Waals surface area (Å²) in [7, 11) is 0. The molecule has 0 spiro atoms. The summed E-state index contributed by atoms with van der Waals surface area (Å²) in [6.45, 7) is 6.11. The molecular weight excluding hydrogens is 206 g/mol. The zero-order valence-corrected chi connectivity index (χ0v) is 10.3. The van der Waals surface area contributed by atoms with Crippen LogP contribution in [0.5, 0.6) is 0 Å². The Bertz CT molecular complexity index is 242. The summed E-state index contributed by atoms with van der Waals surface area (Å²) in [6, 6.07) is 0. The number of hydrogen-bond donors (Lipinski definition) is 2. The maximum atomic E-state index is 10.7. The monoisotopic (exact) mass is 229 g/mol. The molecule has 0 radical (unpaired) electrons. The molecular formula is C12H23NO3. The van der Waals surface area contributed by atoms with Crippen molar-refractivity contribution < 1.29 is 15.0 Å². The largest absolute Gasteiger partial charge is 0.480 e. The van der Waals surface area contributed by atoms with Crippen molar-refractivity contribution >= 4 is 5.97 Å². The molecule has 0 aromatic heterocycles. The molecule has 4 heteroatoms. The predicted molar refractivity (Wildman–Crippen MR) is 62.3 cm³/mol. The van der Waals surface area contributed by atoms with Crippen LogP contribution in [-0.2, 0) is 4.79 Å². The molecule has 0 saturated carbocycles. The van der Waals surface area contributed by atoms with E-state index in [-0.39, 0.29) is 18.6 Å². The van der Waals surface area contributed by atoms with Crippen LogP contribution in [0.2, 0.25) is 0 Å². The number of piperidine rings is 1. The van der Waals surface area contributed by atoms with E-state index in [9.17, 15) is 9.90 Å². The van der Waals surface area contributed by atoms with Crippen molar-refractivity contribution in [2.75, 3.05) is 26.2 Å². The number of carboxylic acids is 1. The van der Waals surface area contributed by atoms with Gasteiger partial charge in [-0.15, -0.1) is 0 Å². The topological polar surface area (TPSA) is 60.8 Å². The highest BCUT2D eigenvalue weighted by atomic mass is 16.4. The summed E-state index contributed by atoms with van der Waals surface area (Å²) in [6.07, 6.45) is 2.97. The van der Waals surface area contributed by atoms with Crippen molar-refractivity contribution in [3.63, 3.8) is 0 Å². The fourth-order valence-electron chi connectivity index (χ4n) is 2.86. The highest BCUT2D eigenvalue weighted by Crippen LogP contribution is 2.35. The Morgan fingerprint density at radius 2 is 2.19 bits per heavy atom. The number of rotatable bonds is 5. The normalized spacial score (nSPS) is 27.2. The molecule has 1 aliphatic heterocycles. The number of carbonyl (C=O) groups is 1. The average Bonchev–Trinajstić information content (AvgIpc) is 2.16. The van der Waals surface area contributed by atoms with E-state index in [0.29, 0.717) is 12.5 Å². The van der Waals surface area contributed by atoms with Crippen LogP contribution in [0.15, 0.2) is 0 Å². The van der Waals surface area contributed by atoms with Gasteiger partial charge in [0.05, 0.1) is 6.54 Å². The minimum absolute atomic E-state index is 0.0815. The molecule has 0 aromatic rings. The number of aliphatic carboxylic acids is 1. The number of likely N-dealkylation sites (tertiary alicyclic amines) is 1. The van der Waals surface area contributed by atoms with Gasteiger partial charge in [0.15, 0.2) is 0 Å². The van der Waals surface area contributed by atoms with Crippen molar-refractivity contribution in [2.45, 2.75) is 33.1 Å². The molecule has 1 atom stereocenters. The summed E-state index contributed by atoms with van der Waals surface area (Å²) in [5, 5.41) is 18.4. The van der Waals surface area contributed by atoms with Gasteiger partial charge in [-0.25, -0.2) is 0 Å². The lowest BCUT2D eigenvalue weighted by Crippen LogP contribution is -2.47. The Kier molecular flexibility index (Phi) is 4.74. The van der Waals surface area contributed by atoms with E-state index in [2.05, 4.69) is 13.8 Å². The van der Waals surface area contributed by atoms with E-state index in [1.54, 1.807) is 0 Å². The van der Waals surface area contributed by atoms with Crippen LogP contribution >= 0.6 is 0 Å². The standard InChI is InChI=1S/C12H23NO3/c1-10(2)6-12(9-14)4-3-5-13(8-12)7-11(15)16/h10,14H,3-9H2,1-2H3,(H,15,16)/t12-/m0/s1. The van der Waals surface area contributed by atoms with Gasteiger partial charge in [-0.05, 0) is 31.7 Å². The third-order valence-electron chi connectivity index (χ3n) is 3.28. The van der Waals surface area contributed by atoms with E-state index in [1.165, 1.54) is 0 Å².